The Labute approximate surface area is 118 Å². The summed E-state index contributed by atoms with van der Waals surface area (Å²) >= 11 is 1.77. The molecule has 0 spiro atoms. The zero-order valence-corrected chi connectivity index (χ0v) is 12.5. The third-order valence-corrected chi connectivity index (χ3v) is 3.43. The van der Waals surface area contributed by atoms with Gasteiger partial charge in [-0.2, -0.15) is 16.9 Å². The largest absolute Gasteiger partial charge is 0.464 e. The lowest BCUT2D eigenvalue weighted by Gasteiger charge is -2.12. The molecule has 19 heavy (non-hydrogen) atoms. The van der Waals surface area contributed by atoms with E-state index in [1.54, 1.807) is 11.8 Å². The summed E-state index contributed by atoms with van der Waals surface area (Å²) in [5.41, 5.74) is 1.19. The standard InChI is InChI=1S/C14H21N3OS/c1-11-6-16-17(8-11)9-12(2)15-7-13-4-5-14(18-13)10-19-3/h4-6,8,12,15H,7,9-10H2,1-3H3/t12-/m0/s1. The van der Waals surface area contributed by atoms with Gasteiger partial charge in [0.25, 0.3) is 0 Å². The van der Waals surface area contributed by atoms with Crippen molar-refractivity contribution in [2.24, 2.45) is 0 Å². The minimum atomic E-state index is 0.355. The van der Waals surface area contributed by atoms with E-state index in [0.717, 1.165) is 30.4 Å². The van der Waals surface area contributed by atoms with Crippen molar-refractivity contribution >= 4 is 11.8 Å². The number of hydrogen-bond donors (Lipinski definition) is 1. The Kier molecular flexibility index (Phi) is 5.10. The molecule has 0 saturated carbocycles. The van der Waals surface area contributed by atoms with E-state index in [9.17, 15) is 0 Å². The fraction of sp³-hybridized carbons (Fsp3) is 0.500. The predicted molar refractivity (Wildman–Crippen MR) is 79.2 cm³/mol. The molecule has 104 valence electrons. The van der Waals surface area contributed by atoms with Crippen LogP contribution in [0.4, 0.5) is 0 Å². The first-order chi connectivity index (χ1) is 9.17. The highest BCUT2D eigenvalue weighted by atomic mass is 32.2. The molecular formula is C14H21N3OS. The van der Waals surface area contributed by atoms with Crippen LogP contribution >= 0.6 is 11.8 Å². The van der Waals surface area contributed by atoms with E-state index in [1.165, 1.54) is 5.56 Å². The van der Waals surface area contributed by atoms with Crippen LogP contribution < -0.4 is 5.32 Å². The molecule has 0 aliphatic carbocycles. The fourth-order valence-electron chi connectivity index (χ4n) is 1.92. The van der Waals surface area contributed by atoms with Crippen molar-refractivity contribution in [2.75, 3.05) is 6.26 Å². The third-order valence-electron chi connectivity index (χ3n) is 2.85. The average Bonchev–Trinajstić information content (AvgIpc) is 2.97. The SMILES string of the molecule is CSCc1ccc(CN[C@@H](C)Cn2cc(C)cn2)o1. The number of thioether (sulfide) groups is 1. The maximum Gasteiger partial charge on any atom is 0.118 e. The Bertz CT molecular complexity index is 506. The zero-order chi connectivity index (χ0) is 13.7. The lowest BCUT2D eigenvalue weighted by atomic mass is 10.3. The van der Waals surface area contributed by atoms with Gasteiger partial charge in [-0.3, -0.25) is 4.68 Å². The van der Waals surface area contributed by atoms with Gasteiger partial charge >= 0.3 is 0 Å². The van der Waals surface area contributed by atoms with Gasteiger partial charge in [-0.15, -0.1) is 0 Å². The molecule has 0 fully saturated rings. The fourth-order valence-corrected chi connectivity index (χ4v) is 2.36. The van der Waals surface area contributed by atoms with Gasteiger partial charge in [0.15, 0.2) is 0 Å². The monoisotopic (exact) mass is 279 g/mol. The third kappa shape index (κ3) is 4.44. The van der Waals surface area contributed by atoms with E-state index in [0.29, 0.717) is 6.04 Å². The van der Waals surface area contributed by atoms with Crippen molar-refractivity contribution in [3.05, 3.63) is 41.6 Å². The Morgan fingerprint density at radius 2 is 2.21 bits per heavy atom. The molecule has 5 heteroatoms. The maximum atomic E-state index is 5.72. The van der Waals surface area contributed by atoms with Crippen LogP contribution in [0.25, 0.3) is 0 Å². The highest BCUT2D eigenvalue weighted by molar-refractivity contribution is 7.97. The van der Waals surface area contributed by atoms with Crippen LogP contribution in [0, 0.1) is 6.92 Å². The van der Waals surface area contributed by atoms with Crippen LogP contribution in [-0.2, 0) is 18.8 Å². The molecule has 0 bridgehead atoms. The van der Waals surface area contributed by atoms with E-state index in [4.69, 9.17) is 4.42 Å². The van der Waals surface area contributed by atoms with Crippen LogP contribution in [0.3, 0.4) is 0 Å². The zero-order valence-electron chi connectivity index (χ0n) is 11.7. The van der Waals surface area contributed by atoms with E-state index in [-0.39, 0.29) is 0 Å². The molecule has 0 aliphatic rings. The number of hydrogen-bond acceptors (Lipinski definition) is 4. The Hall–Kier alpha value is -1.20. The van der Waals surface area contributed by atoms with Crippen molar-refractivity contribution < 1.29 is 4.42 Å². The van der Waals surface area contributed by atoms with Gasteiger partial charge in [0, 0.05) is 12.2 Å². The molecule has 2 aromatic heterocycles. The molecule has 0 unspecified atom stereocenters. The Morgan fingerprint density at radius 3 is 2.89 bits per heavy atom. The molecular weight excluding hydrogens is 258 g/mol. The molecule has 0 aliphatic heterocycles. The molecule has 1 N–H and O–H groups in total. The highest BCUT2D eigenvalue weighted by Crippen LogP contribution is 2.13. The molecule has 2 aromatic rings. The van der Waals surface area contributed by atoms with Crippen molar-refractivity contribution in [3.63, 3.8) is 0 Å². The molecule has 2 rings (SSSR count). The maximum absolute atomic E-state index is 5.72. The summed E-state index contributed by atoms with van der Waals surface area (Å²) in [6.45, 7) is 5.84. The quantitative estimate of drug-likeness (QED) is 0.846. The second kappa shape index (κ2) is 6.82. The summed E-state index contributed by atoms with van der Waals surface area (Å²) in [5, 5.41) is 7.74. The van der Waals surface area contributed by atoms with Gasteiger partial charge in [-0.25, -0.2) is 0 Å². The summed E-state index contributed by atoms with van der Waals surface area (Å²) in [5.74, 6) is 2.97. The number of nitrogens with zero attached hydrogens (tertiary/aromatic N) is 2. The summed E-state index contributed by atoms with van der Waals surface area (Å²) in [4.78, 5) is 0. The number of furan rings is 1. The van der Waals surface area contributed by atoms with Crippen LogP contribution in [0.1, 0.15) is 24.0 Å². The molecule has 0 saturated heterocycles. The first-order valence-corrected chi connectivity index (χ1v) is 7.85. The number of nitrogens with one attached hydrogen (secondary N) is 1. The summed E-state index contributed by atoms with van der Waals surface area (Å²) in [6, 6.07) is 4.45. The smallest absolute Gasteiger partial charge is 0.118 e. The predicted octanol–water partition coefficient (Wildman–Crippen LogP) is 2.83. The Morgan fingerprint density at radius 1 is 1.42 bits per heavy atom. The summed E-state index contributed by atoms with van der Waals surface area (Å²) in [6.07, 6.45) is 6.02. The van der Waals surface area contributed by atoms with Gasteiger partial charge in [0.2, 0.25) is 0 Å². The van der Waals surface area contributed by atoms with Crippen LogP contribution in [0.15, 0.2) is 28.9 Å². The normalized spacial score (nSPS) is 12.8. The summed E-state index contributed by atoms with van der Waals surface area (Å²) in [7, 11) is 0. The van der Waals surface area contributed by atoms with Gasteiger partial charge in [-0.05, 0) is 37.8 Å². The van der Waals surface area contributed by atoms with Crippen molar-refractivity contribution in [1.29, 1.82) is 0 Å². The number of rotatable bonds is 7. The molecule has 4 nitrogen and oxygen atoms in total. The molecule has 2 heterocycles. The molecule has 0 aromatic carbocycles. The van der Waals surface area contributed by atoms with Crippen molar-refractivity contribution in [2.45, 2.75) is 38.7 Å². The lowest BCUT2D eigenvalue weighted by molar-refractivity contribution is 0.407. The minimum Gasteiger partial charge on any atom is -0.464 e. The van der Waals surface area contributed by atoms with Crippen molar-refractivity contribution in [3.8, 4) is 0 Å². The molecule has 0 radical (unpaired) electrons. The number of aromatic nitrogens is 2. The van der Waals surface area contributed by atoms with Gasteiger partial charge < -0.3 is 9.73 Å². The topological polar surface area (TPSA) is 43.0 Å². The molecule has 1 atom stereocenters. The van der Waals surface area contributed by atoms with Crippen LogP contribution in [-0.4, -0.2) is 22.1 Å². The highest BCUT2D eigenvalue weighted by Gasteiger charge is 2.06. The van der Waals surface area contributed by atoms with E-state index < -0.39 is 0 Å². The van der Waals surface area contributed by atoms with E-state index >= 15 is 0 Å². The van der Waals surface area contributed by atoms with E-state index in [1.807, 2.05) is 16.9 Å². The summed E-state index contributed by atoms with van der Waals surface area (Å²) < 4.78 is 7.69. The second-order valence-corrected chi connectivity index (χ2v) is 5.69. The van der Waals surface area contributed by atoms with E-state index in [2.05, 4.69) is 42.8 Å². The Balaban J connectivity index is 1.77. The van der Waals surface area contributed by atoms with Crippen LogP contribution in [0.2, 0.25) is 0 Å². The average molecular weight is 279 g/mol. The molecule has 0 amide bonds. The van der Waals surface area contributed by atoms with Gasteiger partial charge in [0.05, 0.1) is 25.0 Å². The lowest BCUT2D eigenvalue weighted by Crippen LogP contribution is -2.30. The van der Waals surface area contributed by atoms with Crippen LogP contribution in [0.5, 0.6) is 0 Å². The number of aryl methyl sites for hydroxylation is 1. The first kappa shape index (κ1) is 14.2. The van der Waals surface area contributed by atoms with Gasteiger partial charge in [-0.1, -0.05) is 0 Å². The first-order valence-electron chi connectivity index (χ1n) is 6.46. The van der Waals surface area contributed by atoms with Gasteiger partial charge in [0.1, 0.15) is 11.5 Å². The minimum absolute atomic E-state index is 0.355. The second-order valence-electron chi connectivity index (χ2n) is 4.82. The van der Waals surface area contributed by atoms with Crippen molar-refractivity contribution in [1.82, 2.24) is 15.1 Å².